The molecular weight excluding hydrogens is 280 g/mol. The first-order chi connectivity index (χ1) is 9.50. The van der Waals surface area contributed by atoms with E-state index in [9.17, 15) is 13.2 Å². The summed E-state index contributed by atoms with van der Waals surface area (Å²) in [7, 11) is -3.33. The maximum absolute atomic E-state index is 12.0. The highest BCUT2D eigenvalue weighted by molar-refractivity contribution is 7.89. The third-order valence-electron chi connectivity index (χ3n) is 2.42. The molecule has 0 aromatic carbocycles. The third kappa shape index (κ3) is 5.14. The molecule has 0 saturated carbocycles. The average Bonchev–Trinajstić information content (AvgIpc) is 2.39. The largest absolute Gasteiger partial charge is 0.370 e. The molecule has 0 spiro atoms. The highest BCUT2D eigenvalue weighted by atomic mass is 32.2. The van der Waals surface area contributed by atoms with Gasteiger partial charge in [-0.15, -0.1) is 0 Å². The van der Waals surface area contributed by atoms with Crippen molar-refractivity contribution in [2.24, 2.45) is 0 Å². The minimum atomic E-state index is -3.33. The van der Waals surface area contributed by atoms with Gasteiger partial charge in [0.2, 0.25) is 10.0 Å². The number of nitrogens with zero attached hydrogens (tertiary/aromatic N) is 1. The Morgan fingerprint density at radius 3 is 2.70 bits per heavy atom. The first-order valence-corrected chi connectivity index (χ1v) is 8.09. The summed E-state index contributed by atoms with van der Waals surface area (Å²) >= 11 is 0. The SMILES string of the molecule is CCNc1ncccc1C(=O)NCCS(=O)(=O)NCC. The summed E-state index contributed by atoms with van der Waals surface area (Å²) in [4.78, 5) is 16.1. The molecule has 1 rings (SSSR count). The smallest absolute Gasteiger partial charge is 0.255 e. The molecule has 1 aromatic rings. The summed E-state index contributed by atoms with van der Waals surface area (Å²) in [5, 5.41) is 5.56. The topological polar surface area (TPSA) is 100 Å². The van der Waals surface area contributed by atoms with Crippen LogP contribution in [-0.2, 0) is 10.0 Å². The predicted octanol–water partition coefficient (Wildman–Crippen LogP) is 0.183. The van der Waals surface area contributed by atoms with Gasteiger partial charge < -0.3 is 10.6 Å². The molecule has 1 heterocycles. The van der Waals surface area contributed by atoms with Gasteiger partial charge in [0.1, 0.15) is 5.82 Å². The van der Waals surface area contributed by atoms with E-state index in [1.807, 2.05) is 6.92 Å². The van der Waals surface area contributed by atoms with E-state index in [2.05, 4.69) is 20.3 Å². The maximum atomic E-state index is 12.0. The second kappa shape index (κ2) is 7.81. The molecule has 0 bridgehead atoms. The maximum Gasteiger partial charge on any atom is 0.255 e. The number of aromatic nitrogens is 1. The molecular formula is C12H20N4O3S. The number of carbonyl (C=O) groups excluding carboxylic acids is 1. The lowest BCUT2D eigenvalue weighted by Gasteiger charge is -2.10. The van der Waals surface area contributed by atoms with Crippen molar-refractivity contribution in [2.45, 2.75) is 13.8 Å². The second-order valence-electron chi connectivity index (χ2n) is 4.00. The van der Waals surface area contributed by atoms with Gasteiger partial charge in [0, 0.05) is 25.8 Å². The van der Waals surface area contributed by atoms with Gasteiger partial charge in [-0.25, -0.2) is 18.1 Å². The number of rotatable bonds is 8. The van der Waals surface area contributed by atoms with Crippen LogP contribution in [0.15, 0.2) is 18.3 Å². The van der Waals surface area contributed by atoms with Crippen molar-refractivity contribution in [3.8, 4) is 0 Å². The molecule has 0 radical (unpaired) electrons. The number of pyridine rings is 1. The first kappa shape index (κ1) is 16.4. The molecule has 0 aliphatic carbocycles. The molecule has 8 heteroatoms. The summed E-state index contributed by atoms with van der Waals surface area (Å²) in [6.07, 6.45) is 1.59. The Morgan fingerprint density at radius 2 is 2.05 bits per heavy atom. The minimum absolute atomic E-state index is 0.0502. The standard InChI is InChI=1S/C12H20N4O3S/c1-3-13-11-10(6-5-7-14-11)12(17)15-8-9-20(18,19)16-4-2/h5-7,16H,3-4,8-9H2,1-2H3,(H,13,14)(H,15,17). The molecule has 3 N–H and O–H groups in total. The molecule has 0 aliphatic rings. The number of hydrogen-bond acceptors (Lipinski definition) is 5. The highest BCUT2D eigenvalue weighted by Crippen LogP contribution is 2.10. The molecule has 1 amide bonds. The lowest BCUT2D eigenvalue weighted by molar-refractivity contribution is 0.0956. The van der Waals surface area contributed by atoms with Gasteiger partial charge in [0.15, 0.2) is 0 Å². The van der Waals surface area contributed by atoms with Crippen molar-refractivity contribution in [1.29, 1.82) is 0 Å². The van der Waals surface area contributed by atoms with E-state index in [4.69, 9.17) is 0 Å². The van der Waals surface area contributed by atoms with E-state index >= 15 is 0 Å². The molecule has 0 saturated heterocycles. The van der Waals surface area contributed by atoms with Crippen molar-refractivity contribution in [3.63, 3.8) is 0 Å². The van der Waals surface area contributed by atoms with Crippen LogP contribution >= 0.6 is 0 Å². The van der Waals surface area contributed by atoms with Crippen molar-refractivity contribution in [3.05, 3.63) is 23.9 Å². The Hall–Kier alpha value is -1.67. The highest BCUT2D eigenvalue weighted by Gasteiger charge is 2.13. The molecule has 0 atom stereocenters. The Bertz CT molecular complexity index is 545. The number of anilines is 1. The van der Waals surface area contributed by atoms with Gasteiger partial charge in [0.05, 0.1) is 11.3 Å². The van der Waals surface area contributed by atoms with Crippen LogP contribution in [0.5, 0.6) is 0 Å². The fourth-order valence-corrected chi connectivity index (χ4v) is 2.54. The molecule has 0 aliphatic heterocycles. The van der Waals surface area contributed by atoms with Crippen molar-refractivity contribution >= 4 is 21.7 Å². The van der Waals surface area contributed by atoms with E-state index in [1.165, 1.54) is 0 Å². The third-order valence-corrected chi connectivity index (χ3v) is 3.89. The van der Waals surface area contributed by atoms with Gasteiger partial charge >= 0.3 is 0 Å². The van der Waals surface area contributed by atoms with E-state index in [1.54, 1.807) is 25.3 Å². The van der Waals surface area contributed by atoms with Crippen LogP contribution in [0, 0.1) is 0 Å². The fraction of sp³-hybridized carbons (Fsp3) is 0.500. The van der Waals surface area contributed by atoms with Gasteiger partial charge in [-0.1, -0.05) is 6.92 Å². The lowest BCUT2D eigenvalue weighted by Crippen LogP contribution is -2.34. The van der Waals surface area contributed by atoms with E-state index in [0.717, 1.165) is 0 Å². The fourth-order valence-electron chi connectivity index (χ4n) is 1.58. The normalized spacial score (nSPS) is 11.1. The second-order valence-corrected chi connectivity index (χ2v) is 5.93. The summed E-state index contributed by atoms with van der Waals surface area (Å²) in [6.45, 7) is 4.64. The van der Waals surface area contributed by atoms with Crippen molar-refractivity contribution in [2.75, 3.05) is 30.7 Å². The van der Waals surface area contributed by atoms with Gasteiger partial charge in [0.25, 0.3) is 5.91 Å². The number of hydrogen-bond donors (Lipinski definition) is 3. The van der Waals surface area contributed by atoms with Gasteiger partial charge in [-0.2, -0.15) is 0 Å². The lowest BCUT2D eigenvalue weighted by atomic mass is 10.2. The minimum Gasteiger partial charge on any atom is -0.370 e. The van der Waals surface area contributed by atoms with Crippen LogP contribution in [0.1, 0.15) is 24.2 Å². The van der Waals surface area contributed by atoms with Crippen LogP contribution in [0.25, 0.3) is 0 Å². The molecule has 0 fully saturated rings. The number of carbonyl (C=O) groups is 1. The Morgan fingerprint density at radius 1 is 1.30 bits per heavy atom. The van der Waals surface area contributed by atoms with Crippen molar-refractivity contribution < 1.29 is 13.2 Å². The van der Waals surface area contributed by atoms with Crippen molar-refractivity contribution in [1.82, 2.24) is 15.0 Å². The number of sulfonamides is 1. The average molecular weight is 300 g/mol. The van der Waals surface area contributed by atoms with E-state index in [-0.39, 0.29) is 18.2 Å². The summed E-state index contributed by atoms with van der Waals surface area (Å²) < 4.78 is 25.2. The Labute approximate surface area is 119 Å². The molecule has 20 heavy (non-hydrogen) atoms. The Balaban J connectivity index is 2.60. The van der Waals surface area contributed by atoms with Gasteiger partial charge in [-0.05, 0) is 19.1 Å². The molecule has 7 nitrogen and oxygen atoms in total. The quantitative estimate of drug-likeness (QED) is 0.636. The van der Waals surface area contributed by atoms with Crippen LogP contribution in [0.2, 0.25) is 0 Å². The Kier molecular flexibility index (Phi) is 6.40. The van der Waals surface area contributed by atoms with Crippen LogP contribution in [0.3, 0.4) is 0 Å². The van der Waals surface area contributed by atoms with Crippen LogP contribution < -0.4 is 15.4 Å². The molecule has 1 aromatic heterocycles. The predicted molar refractivity (Wildman–Crippen MR) is 78.2 cm³/mol. The molecule has 112 valence electrons. The van der Waals surface area contributed by atoms with E-state index < -0.39 is 10.0 Å². The van der Waals surface area contributed by atoms with E-state index in [0.29, 0.717) is 24.5 Å². The van der Waals surface area contributed by atoms with Crippen LogP contribution in [0.4, 0.5) is 5.82 Å². The zero-order valence-corrected chi connectivity index (χ0v) is 12.5. The summed E-state index contributed by atoms with van der Waals surface area (Å²) in [6, 6.07) is 3.30. The number of amides is 1. The summed E-state index contributed by atoms with van der Waals surface area (Å²) in [5.74, 6) is -0.00795. The first-order valence-electron chi connectivity index (χ1n) is 6.44. The zero-order valence-electron chi connectivity index (χ0n) is 11.6. The van der Waals surface area contributed by atoms with Crippen LogP contribution in [-0.4, -0.2) is 44.7 Å². The molecule has 0 unspecified atom stereocenters. The van der Waals surface area contributed by atoms with Gasteiger partial charge in [-0.3, -0.25) is 4.79 Å². The monoisotopic (exact) mass is 300 g/mol. The summed E-state index contributed by atoms with van der Waals surface area (Å²) in [5.41, 5.74) is 0.398. The zero-order chi connectivity index (χ0) is 15.0. The number of nitrogens with one attached hydrogen (secondary N) is 3.